The van der Waals surface area contributed by atoms with E-state index in [-0.39, 0.29) is 29.8 Å². The number of hydrogen-bond acceptors (Lipinski definition) is 10. The van der Waals surface area contributed by atoms with Crippen molar-refractivity contribution in [3.8, 4) is 11.5 Å². The molecule has 4 aromatic carbocycles. The average molecular weight is 973 g/mol. The molecule has 6 amide bonds. The van der Waals surface area contributed by atoms with Gasteiger partial charge in [-0.15, -0.1) is 0 Å². The lowest BCUT2D eigenvalue weighted by Gasteiger charge is -2.41. The normalized spacial score (nSPS) is 20.6. The Morgan fingerprint density at radius 2 is 0.910 bits per heavy atom. The zero-order chi connectivity index (χ0) is 48.9. The molecule has 0 radical (unpaired) electrons. The largest absolute Gasteiger partial charge is 0.516 e. The van der Waals surface area contributed by atoms with Gasteiger partial charge in [-0.05, 0) is 86.8 Å². The molecule has 2 aliphatic rings. The second-order valence-corrected chi connectivity index (χ2v) is 19.9. The SMILES string of the molecule is COc1ccccc1C(=O)NCC1(c2ccccc2)CCC(NC(=O)NS(=O)(=O)C(F)(F)F)CC1.COc1ccccc1C(=O)NCC1(c2ccccc2)CCC(NC(=O)NS(C)(=O)=O)CC1. The van der Waals surface area contributed by atoms with Crippen molar-refractivity contribution in [2.24, 2.45) is 0 Å². The molecule has 2 aliphatic carbocycles. The molecule has 6 N–H and O–H groups in total. The lowest BCUT2D eigenvalue weighted by molar-refractivity contribution is -0.0444. The second-order valence-electron chi connectivity index (χ2n) is 16.5. The standard InChI is InChI=1S/C23H26F3N3O5S.C23H29N3O5S/c1-34-19-10-6-5-9-18(19)20(30)27-15-22(16-7-3-2-4-8-16)13-11-17(12-14-22)28-21(31)29-35(32,33)23(24,25)26;1-31-20-11-7-6-10-19(20)21(27)24-16-23(17-8-4-3-5-9-17)14-12-18(13-15-23)25-22(28)26-32(2,29)30/h2-10,17H,11-15H2,1H3,(H,27,30)(H2,28,29,31);3-11,18H,12-16H2,1-2H3,(H,24,27)(H2,25,26,28). The molecule has 0 aromatic heterocycles. The highest BCUT2D eigenvalue weighted by molar-refractivity contribution is 7.90. The van der Waals surface area contributed by atoms with E-state index in [4.69, 9.17) is 9.47 Å². The minimum absolute atomic E-state index is 0.140. The molecule has 2 fully saturated rings. The molecule has 0 heterocycles. The van der Waals surface area contributed by atoms with Gasteiger partial charge in [-0.3, -0.25) is 9.59 Å². The predicted octanol–water partition coefficient (Wildman–Crippen LogP) is 6.02. The highest BCUT2D eigenvalue weighted by atomic mass is 32.2. The van der Waals surface area contributed by atoms with E-state index in [1.807, 2.05) is 59.3 Å². The molecule has 67 heavy (non-hydrogen) atoms. The topological polar surface area (TPSA) is 227 Å². The van der Waals surface area contributed by atoms with E-state index in [9.17, 15) is 49.2 Å². The molecule has 6 rings (SSSR count). The Labute approximate surface area is 388 Å². The summed E-state index contributed by atoms with van der Waals surface area (Å²) in [5, 5.41) is 11.1. The van der Waals surface area contributed by atoms with Gasteiger partial charge in [0, 0.05) is 36.0 Å². The summed E-state index contributed by atoms with van der Waals surface area (Å²) in [5.74, 6) is 0.440. The summed E-state index contributed by atoms with van der Waals surface area (Å²) >= 11 is 0. The first-order valence-corrected chi connectivity index (χ1v) is 24.7. The fourth-order valence-electron chi connectivity index (χ4n) is 8.48. The van der Waals surface area contributed by atoms with Crippen LogP contribution in [0.4, 0.5) is 22.8 Å². The van der Waals surface area contributed by atoms with Crippen molar-refractivity contribution in [1.29, 1.82) is 0 Å². The maximum atomic E-state index is 12.9. The molecular formula is C46H55F3N6O10S2. The van der Waals surface area contributed by atoms with Crippen molar-refractivity contribution in [2.75, 3.05) is 33.6 Å². The minimum atomic E-state index is -5.78. The fraction of sp³-hybridized carbons (Fsp3) is 0.391. The van der Waals surface area contributed by atoms with Gasteiger partial charge >= 0.3 is 27.6 Å². The van der Waals surface area contributed by atoms with Crippen molar-refractivity contribution in [1.82, 2.24) is 30.7 Å². The summed E-state index contributed by atoms with van der Waals surface area (Å²) in [6.45, 7) is 0.728. The molecule has 2 saturated carbocycles. The summed E-state index contributed by atoms with van der Waals surface area (Å²) < 4.78 is 95.9. The number of hydrogen-bond donors (Lipinski definition) is 6. The number of rotatable bonds is 14. The van der Waals surface area contributed by atoms with E-state index in [0.717, 1.165) is 34.9 Å². The fourth-order valence-corrected chi connectivity index (χ4v) is 9.29. The molecule has 0 atom stereocenters. The molecule has 0 saturated heterocycles. The maximum absolute atomic E-state index is 12.9. The number of alkyl halides is 3. The van der Waals surface area contributed by atoms with Crippen LogP contribution < -0.4 is 40.2 Å². The predicted molar refractivity (Wildman–Crippen MR) is 245 cm³/mol. The number of halogens is 3. The summed E-state index contributed by atoms with van der Waals surface area (Å²) in [4.78, 5) is 49.5. The van der Waals surface area contributed by atoms with Gasteiger partial charge in [0.25, 0.3) is 11.8 Å². The number of methoxy groups -OCH3 is 2. The van der Waals surface area contributed by atoms with E-state index >= 15 is 0 Å². The Morgan fingerprint density at radius 3 is 1.25 bits per heavy atom. The van der Waals surface area contributed by atoms with Gasteiger partial charge in [0.05, 0.1) is 31.6 Å². The number of urea groups is 2. The van der Waals surface area contributed by atoms with Crippen molar-refractivity contribution >= 4 is 43.9 Å². The molecule has 4 aromatic rings. The van der Waals surface area contributed by atoms with E-state index in [1.165, 1.54) is 14.2 Å². The lowest BCUT2D eigenvalue weighted by Crippen LogP contribution is -2.51. The summed E-state index contributed by atoms with van der Waals surface area (Å²) in [7, 11) is -6.39. The lowest BCUT2D eigenvalue weighted by atomic mass is 9.68. The van der Waals surface area contributed by atoms with Gasteiger partial charge in [0.2, 0.25) is 10.0 Å². The third kappa shape index (κ3) is 14.1. The molecule has 0 aliphatic heterocycles. The first-order valence-electron chi connectivity index (χ1n) is 21.3. The number of para-hydroxylation sites is 2. The van der Waals surface area contributed by atoms with Crippen LogP contribution in [0.15, 0.2) is 109 Å². The highest BCUT2D eigenvalue weighted by Gasteiger charge is 2.47. The van der Waals surface area contributed by atoms with Gasteiger partial charge in [0.1, 0.15) is 11.5 Å². The molecule has 21 heteroatoms. The van der Waals surface area contributed by atoms with Crippen LogP contribution in [0.2, 0.25) is 0 Å². The van der Waals surface area contributed by atoms with Crippen LogP contribution in [-0.2, 0) is 30.9 Å². The number of ether oxygens (including phenoxy) is 2. The van der Waals surface area contributed by atoms with Gasteiger partial charge in [0.15, 0.2) is 0 Å². The van der Waals surface area contributed by atoms with E-state index < -0.39 is 49.1 Å². The first kappa shape index (κ1) is 51.6. The van der Waals surface area contributed by atoms with Gasteiger partial charge in [-0.2, -0.15) is 21.6 Å². The molecular weight excluding hydrogens is 918 g/mol. The molecule has 0 spiro atoms. The number of carbonyl (C=O) groups is 4. The van der Waals surface area contributed by atoms with Crippen LogP contribution in [-0.4, -0.2) is 91.9 Å². The van der Waals surface area contributed by atoms with Crippen LogP contribution in [0.3, 0.4) is 0 Å². The van der Waals surface area contributed by atoms with Crippen LogP contribution in [0.25, 0.3) is 0 Å². The Hall–Kier alpha value is -6.35. The van der Waals surface area contributed by atoms with Crippen molar-refractivity contribution in [2.45, 2.75) is 79.8 Å². The van der Waals surface area contributed by atoms with E-state index in [0.29, 0.717) is 67.7 Å². The number of carbonyl (C=O) groups excluding carboxylic acids is 4. The monoisotopic (exact) mass is 972 g/mol. The van der Waals surface area contributed by atoms with E-state index in [2.05, 4.69) is 33.4 Å². The maximum Gasteiger partial charge on any atom is 0.516 e. The van der Waals surface area contributed by atoms with Crippen LogP contribution in [0.1, 0.15) is 83.2 Å². The molecule has 362 valence electrons. The van der Waals surface area contributed by atoms with Gasteiger partial charge in [-0.1, -0.05) is 84.9 Å². The summed E-state index contributed by atoms with van der Waals surface area (Å²) in [5.41, 5.74) is -3.39. The van der Waals surface area contributed by atoms with Crippen LogP contribution in [0.5, 0.6) is 11.5 Å². The van der Waals surface area contributed by atoms with E-state index in [1.54, 1.807) is 42.5 Å². The Balaban J connectivity index is 0.000000252. The molecule has 16 nitrogen and oxygen atoms in total. The van der Waals surface area contributed by atoms with Crippen molar-refractivity contribution in [3.63, 3.8) is 0 Å². The average Bonchev–Trinajstić information content (AvgIpc) is 3.30. The van der Waals surface area contributed by atoms with Crippen molar-refractivity contribution in [3.05, 3.63) is 131 Å². The van der Waals surface area contributed by atoms with Crippen molar-refractivity contribution < 1.29 is 58.7 Å². The Kier molecular flexibility index (Phi) is 17.3. The minimum Gasteiger partial charge on any atom is -0.496 e. The zero-order valence-corrected chi connectivity index (χ0v) is 38.8. The van der Waals surface area contributed by atoms with Gasteiger partial charge in [-0.25, -0.2) is 27.5 Å². The quantitative estimate of drug-likeness (QED) is 0.0862. The van der Waals surface area contributed by atoms with Crippen LogP contribution >= 0.6 is 0 Å². The highest BCUT2D eigenvalue weighted by Crippen LogP contribution is 2.41. The number of benzene rings is 4. The Morgan fingerprint density at radius 1 is 0.567 bits per heavy atom. The zero-order valence-electron chi connectivity index (χ0n) is 37.2. The molecule has 0 bridgehead atoms. The number of sulfonamides is 2. The number of nitrogens with one attached hydrogen (secondary N) is 6. The third-order valence-electron chi connectivity index (χ3n) is 12.0. The summed E-state index contributed by atoms with van der Waals surface area (Å²) in [6, 6.07) is 30.6. The van der Waals surface area contributed by atoms with Gasteiger partial charge < -0.3 is 30.7 Å². The Bertz CT molecular complexity index is 2550. The number of amides is 6. The molecule has 0 unspecified atom stereocenters. The third-order valence-corrected chi connectivity index (χ3v) is 13.6. The van der Waals surface area contributed by atoms with Crippen LogP contribution in [0, 0.1) is 0 Å². The second kappa shape index (κ2) is 22.4. The smallest absolute Gasteiger partial charge is 0.496 e. The first-order chi connectivity index (χ1) is 31.7. The summed E-state index contributed by atoms with van der Waals surface area (Å²) in [6.07, 6.45) is 5.48.